The fourth-order valence-corrected chi connectivity index (χ4v) is 5.24. The van der Waals surface area contributed by atoms with Crippen molar-refractivity contribution in [1.82, 2.24) is 20.4 Å². The summed E-state index contributed by atoms with van der Waals surface area (Å²) in [6, 6.07) is 8.73. The Morgan fingerprint density at radius 2 is 1.14 bits per heavy atom. The van der Waals surface area contributed by atoms with Crippen molar-refractivity contribution in [3.8, 4) is 0 Å². The number of aromatic nitrogens is 4. The van der Waals surface area contributed by atoms with Crippen LogP contribution in [-0.2, 0) is 11.5 Å². The molecular formula is C14H14N4S4. The molecule has 2 aromatic heterocycles. The normalized spacial score (nSPS) is 11.0. The van der Waals surface area contributed by atoms with E-state index in [0.717, 1.165) is 30.2 Å². The van der Waals surface area contributed by atoms with Gasteiger partial charge in [-0.05, 0) is 25.0 Å². The second kappa shape index (κ2) is 7.54. The first-order valence-electron chi connectivity index (χ1n) is 6.62. The maximum Gasteiger partial charge on any atom is 0.174 e. The molecule has 0 aliphatic heterocycles. The standard InChI is InChI=1S/C14H14N4S4/c1-9-15-17-13(21-9)19-7-11-3-5-12(6-4-11)8-20-14-18-16-10(2)22-14/h3-6H,7-8H2,1-2H3. The first-order chi connectivity index (χ1) is 10.7. The van der Waals surface area contributed by atoms with Gasteiger partial charge < -0.3 is 0 Å². The highest BCUT2D eigenvalue weighted by Gasteiger charge is 2.04. The van der Waals surface area contributed by atoms with Crippen LogP contribution in [0.4, 0.5) is 0 Å². The third-order valence-corrected chi connectivity index (χ3v) is 6.85. The van der Waals surface area contributed by atoms with E-state index in [-0.39, 0.29) is 0 Å². The Kier molecular flexibility index (Phi) is 5.46. The molecule has 0 saturated carbocycles. The van der Waals surface area contributed by atoms with Gasteiger partial charge in [0, 0.05) is 11.5 Å². The van der Waals surface area contributed by atoms with Crippen molar-refractivity contribution in [3.63, 3.8) is 0 Å². The molecule has 3 rings (SSSR count). The topological polar surface area (TPSA) is 51.6 Å². The van der Waals surface area contributed by atoms with Crippen LogP contribution in [0.25, 0.3) is 0 Å². The lowest BCUT2D eigenvalue weighted by atomic mass is 10.2. The zero-order chi connectivity index (χ0) is 15.4. The minimum absolute atomic E-state index is 0.928. The van der Waals surface area contributed by atoms with Crippen molar-refractivity contribution in [2.45, 2.75) is 34.0 Å². The molecule has 0 fully saturated rings. The van der Waals surface area contributed by atoms with Crippen LogP contribution in [0.5, 0.6) is 0 Å². The number of rotatable bonds is 6. The highest BCUT2D eigenvalue weighted by atomic mass is 32.2. The SMILES string of the molecule is Cc1nnc(SCc2ccc(CSc3nnc(C)s3)cc2)s1. The molecule has 0 aliphatic rings. The monoisotopic (exact) mass is 366 g/mol. The van der Waals surface area contributed by atoms with E-state index in [2.05, 4.69) is 44.7 Å². The molecular weight excluding hydrogens is 352 g/mol. The van der Waals surface area contributed by atoms with Gasteiger partial charge in [-0.3, -0.25) is 0 Å². The Morgan fingerprint density at radius 1 is 0.727 bits per heavy atom. The quantitative estimate of drug-likeness (QED) is 0.595. The van der Waals surface area contributed by atoms with Crippen molar-refractivity contribution in [1.29, 1.82) is 0 Å². The van der Waals surface area contributed by atoms with Crippen LogP contribution >= 0.6 is 46.2 Å². The number of thioether (sulfide) groups is 2. The van der Waals surface area contributed by atoms with Crippen LogP contribution in [0.1, 0.15) is 21.1 Å². The van der Waals surface area contributed by atoms with Crippen LogP contribution in [0.2, 0.25) is 0 Å². The number of benzene rings is 1. The molecule has 0 saturated heterocycles. The van der Waals surface area contributed by atoms with Crippen molar-refractivity contribution < 1.29 is 0 Å². The summed E-state index contributed by atoms with van der Waals surface area (Å²) in [4.78, 5) is 0. The van der Waals surface area contributed by atoms with Crippen LogP contribution in [0, 0.1) is 13.8 Å². The first kappa shape index (κ1) is 15.9. The van der Waals surface area contributed by atoms with E-state index in [0.29, 0.717) is 0 Å². The second-order valence-electron chi connectivity index (χ2n) is 4.57. The van der Waals surface area contributed by atoms with Crippen LogP contribution in [0.3, 0.4) is 0 Å². The molecule has 0 atom stereocenters. The summed E-state index contributed by atoms with van der Waals surface area (Å²) in [7, 11) is 0. The maximum atomic E-state index is 4.13. The number of hydrogen-bond donors (Lipinski definition) is 0. The number of nitrogens with zero attached hydrogens (tertiary/aromatic N) is 4. The van der Waals surface area contributed by atoms with E-state index >= 15 is 0 Å². The molecule has 0 bridgehead atoms. The van der Waals surface area contributed by atoms with E-state index in [1.54, 1.807) is 46.2 Å². The minimum Gasteiger partial charge on any atom is -0.143 e. The molecule has 0 amide bonds. The molecule has 0 radical (unpaired) electrons. The third-order valence-electron chi connectivity index (χ3n) is 2.76. The van der Waals surface area contributed by atoms with E-state index in [4.69, 9.17) is 0 Å². The Bertz CT molecular complexity index is 672. The van der Waals surface area contributed by atoms with Gasteiger partial charge in [-0.25, -0.2) is 0 Å². The first-order valence-corrected chi connectivity index (χ1v) is 10.2. The molecule has 0 aliphatic carbocycles. The molecule has 114 valence electrons. The average Bonchev–Trinajstić information content (AvgIpc) is 3.12. The second-order valence-corrected chi connectivity index (χ2v) is 9.38. The summed E-state index contributed by atoms with van der Waals surface area (Å²) in [5, 5.41) is 18.4. The Balaban J connectivity index is 1.51. The molecule has 22 heavy (non-hydrogen) atoms. The smallest absolute Gasteiger partial charge is 0.143 e. The van der Waals surface area contributed by atoms with E-state index in [1.807, 2.05) is 13.8 Å². The number of hydrogen-bond acceptors (Lipinski definition) is 8. The minimum atomic E-state index is 0.928. The molecule has 0 N–H and O–H groups in total. The maximum absolute atomic E-state index is 4.13. The highest BCUT2D eigenvalue weighted by Crippen LogP contribution is 2.28. The van der Waals surface area contributed by atoms with Crippen molar-refractivity contribution in [2.24, 2.45) is 0 Å². The van der Waals surface area contributed by atoms with Gasteiger partial charge in [-0.2, -0.15) is 0 Å². The lowest BCUT2D eigenvalue weighted by molar-refractivity contribution is 0.983. The number of aryl methyl sites for hydroxylation is 2. The summed E-state index contributed by atoms with van der Waals surface area (Å²) >= 11 is 6.76. The zero-order valence-electron chi connectivity index (χ0n) is 12.1. The predicted octanol–water partition coefficient (Wildman–Crippen LogP) is 4.59. The predicted molar refractivity (Wildman–Crippen MR) is 94.9 cm³/mol. The van der Waals surface area contributed by atoms with E-state index < -0.39 is 0 Å². The third kappa shape index (κ3) is 4.52. The summed E-state index contributed by atoms with van der Waals surface area (Å²) in [5.74, 6) is 1.86. The van der Waals surface area contributed by atoms with Gasteiger partial charge in [-0.15, -0.1) is 20.4 Å². The Morgan fingerprint density at radius 3 is 1.45 bits per heavy atom. The lowest BCUT2D eigenvalue weighted by Crippen LogP contribution is -1.84. The molecule has 2 heterocycles. The van der Waals surface area contributed by atoms with Gasteiger partial charge >= 0.3 is 0 Å². The van der Waals surface area contributed by atoms with Gasteiger partial charge in [0.05, 0.1) is 0 Å². The zero-order valence-corrected chi connectivity index (χ0v) is 15.4. The lowest BCUT2D eigenvalue weighted by Gasteiger charge is -2.02. The fourth-order valence-electron chi connectivity index (χ4n) is 1.70. The molecule has 8 heteroatoms. The summed E-state index contributed by atoms with van der Waals surface area (Å²) in [5.41, 5.74) is 2.61. The molecule has 4 nitrogen and oxygen atoms in total. The van der Waals surface area contributed by atoms with Crippen molar-refractivity contribution in [3.05, 3.63) is 45.4 Å². The van der Waals surface area contributed by atoms with Gasteiger partial charge in [0.15, 0.2) is 8.68 Å². The fraction of sp³-hybridized carbons (Fsp3) is 0.286. The summed E-state index contributed by atoms with van der Waals surface area (Å²) < 4.78 is 2.06. The van der Waals surface area contributed by atoms with Gasteiger partial charge in [0.1, 0.15) is 10.0 Å². The van der Waals surface area contributed by atoms with Crippen molar-refractivity contribution >= 4 is 46.2 Å². The molecule has 0 spiro atoms. The van der Waals surface area contributed by atoms with Crippen molar-refractivity contribution in [2.75, 3.05) is 0 Å². The van der Waals surface area contributed by atoms with Crippen LogP contribution in [0.15, 0.2) is 32.9 Å². The van der Waals surface area contributed by atoms with Crippen LogP contribution in [-0.4, -0.2) is 20.4 Å². The average molecular weight is 367 g/mol. The summed E-state index contributed by atoms with van der Waals surface area (Å²) in [6.45, 7) is 3.96. The molecule has 3 aromatic rings. The Labute approximate surface area is 145 Å². The summed E-state index contributed by atoms with van der Waals surface area (Å²) in [6.07, 6.45) is 0. The molecule has 0 unspecified atom stereocenters. The van der Waals surface area contributed by atoms with Crippen LogP contribution < -0.4 is 0 Å². The molecule has 1 aromatic carbocycles. The van der Waals surface area contributed by atoms with Gasteiger partial charge in [0.2, 0.25) is 0 Å². The van der Waals surface area contributed by atoms with Gasteiger partial charge in [0.25, 0.3) is 0 Å². The highest BCUT2D eigenvalue weighted by molar-refractivity contribution is 8.00. The van der Waals surface area contributed by atoms with E-state index in [9.17, 15) is 0 Å². The van der Waals surface area contributed by atoms with Gasteiger partial charge in [-0.1, -0.05) is 70.5 Å². The Hall–Kier alpha value is -0.960. The van der Waals surface area contributed by atoms with E-state index in [1.165, 1.54) is 11.1 Å². The largest absolute Gasteiger partial charge is 0.174 e.